The molecule has 2 aromatic rings. The first kappa shape index (κ1) is 13.3. The molecule has 0 spiro atoms. The lowest BCUT2D eigenvalue weighted by Crippen LogP contribution is -2.12. The molecule has 2 nitrogen and oxygen atoms in total. The van der Waals surface area contributed by atoms with Crippen molar-refractivity contribution in [3.8, 4) is 0 Å². The minimum atomic E-state index is -0.396. The molecule has 0 unspecified atom stereocenters. The highest BCUT2D eigenvalue weighted by molar-refractivity contribution is 5.77. The first-order chi connectivity index (χ1) is 9.02. The smallest absolute Gasteiger partial charge is 0.150 e. The number of rotatable bonds is 3. The van der Waals surface area contributed by atoms with Gasteiger partial charge in [0, 0.05) is 18.3 Å². The molecule has 0 atom stereocenters. The van der Waals surface area contributed by atoms with Crippen molar-refractivity contribution in [2.75, 3.05) is 11.9 Å². The van der Waals surface area contributed by atoms with Gasteiger partial charge in [-0.1, -0.05) is 17.7 Å². The van der Waals surface area contributed by atoms with E-state index in [0.717, 1.165) is 11.3 Å². The van der Waals surface area contributed by atoms with Gasteiger partial charge in [0.1, 0.15) is 12.1 Å². The number of benzene rings is 2. The molecule has 3 heteroatoms. The lowest BCUT2D eigenvalue weighted by molar-refractivity contribution is 0.112. The van der Waals surface area contributed by atoms with Crippen LogP contribution in [0.15, 0.2) is 36.4 Å². The average Bonchev–Trinajstić information content (AvgIpc) is 2.37. The Balaban J connectivity index is 2.43. The van der Waals surface area contributed by atoms with Crippen molar-refractivity contribution >= 4 is 17.7 Å². The van der Waals surface area contributed by atoms with Crippen LogP contribution in [0.4, 0.5) is 15.8 Å². The number of carbonyl (C=O) groups is 1. The number of carbonyl (C=O) groups excluding carboxylic acids is 1. The molecule has 0 bridgehead atoms. The molecule has 0 aliphatic carbocycles. The summed E-state index contributed by atoms with van der Waals surface area (Å²) >= 11 is 0. The van der Waals surface area contributed by atoms with Crippen LogP contribution in [0.25, 0.3) is 0 Å². The van der Waals surface area contributed by atoms with Crippen molar-refractivity contribution in [3.63, 3.8) is 0 Å². The second-order valence-electron chi connectivity index (χ2n) is 4.68. The zero-order valence-corrected chi connectivity index (χ0v) is 11.3. The Hall–Kier alpha value is -2.16. The lowest BCUT2D eigenvalue weighted by Gasteiger charge is -2.22. The molecule has 0 heterocycles. The van der Waals surface area contributed by atoms with Crippen LogP contribution in [0, 0.1) is 19.7 Å². The van der Waals surface area contributed by atoms with Crippen molar-refractivity contribution in [1.82, 2.24) is 0 Å². The maximum Gasteiger partial charge on any atom is 0.150 e. The van der Waals surface area contributed by atoms with E-state index in [9.17, 15) is 9.18 Å². The zero-order chi connectivity index (χ0) is 14.0. The standard InChI is InChI=1S/C16H16FNO/c1-11-4-6-15(12(2)8-11)18(3)16-7-5-13(10-19)9-14(16)17/h4-10H,1-3H3. The van der Waals surface area contributed by atoms with E-state index >= 15 is 0 Å². The Morgan fingerprint density at radius 3 is 2.32 bits per heavy atom. The monoisotopic (exact) mass is 257 g/mol. The normalized spacial score (nSPS) is 10.3. The average molecular weight is 257 g/mol. The predicted molar refractivity (Wildman–Crippen MR) is 75.8 cm³/mol. The molecular formula is C16H16FNO. The quantitative estimate of drug-likeness (QED) is 0.774. The van der Waals surface area contributed by atoms with Gasteiger partial charge in [-0.05, 0) is 43.7 Å². The Labute approximate surface area is 112 Å². The van der Waals surface area contributed by atoms with Gasteiger partial charge in [-0.15, -0.1) is 0 Å². The highest BCUT2D eigenvalue weighted by Gasteiger charge is 2.12. The molecule has 0 aliphatic rings. The van der Waals surface area contributed by atoms with E-state index < -0.39 is 5.82 Å². The molecule has 98 valence electrons. The summed E-state index contributed by atoms with van der Waals surface area (Å²) in [5.41, 5.74) is 4.00. The van der Waals surface area contributed by atoms with Gasteiger partial charge in [0.05, 0.1) is 5.69 Å². The Bertz CT molecular complexity index is 622. The second-order valence-corrected chi connectivity index (χ2v) is 4.68. The molecule has 0 aliphatic heterocycles. The Kier molecular flexibility index (Phi) is 3.65. The summed E-state index contributed by atoms with van der Waals surface area (Å²) in [7, 11) is 1.82. The third-order valence-corrected chi connectivity index (χ3v) is 3.18. The van der Waals surface area contributed by atoms with E-state index in [2.05, 4.69) is 6.07 Å². The third kappa shape index (κ3) is 2.65. The summed E-state index contributed by atoms with van der Waals surface area (Å²) in [4.78, 5) is 12.4. The largest absolute Gasteiger partial charge is 0.342 e. The molecule has 0 amide bonds. The fourth-order valence-corrected chi connectivity index (χ4v) is 2.18. The van der Waals surface area contributed by atoms with Crippen LogP contribution in [0.5, 0.6) is 0 Å². The second kappa shape index (κ2) is 5.22. The van der Waals surface area contributed by atoms with E-state index in [1.807, 2.05) is 33.0 Å². The first-order valence-electron chi connectivity index (χ1n) is 6.08. The van der Waals surface area contributed by atoms with Crippen molar-refractivity contribution < 1.29 is 9.18 Å². The van der Waals surface area contributed by atoms with Crippen molar-refractivity contribution in [1.29, 1.82) is 0 Å². The highest BCUT2D eigenvalue weighted by Crippen LogP contribution is 2.29. The Morgan fingerprint density at radius 2 is 1.74 bits per heavy atom. The van der Waals surface area contributed by atoms with Gasteiger partial charge in [-0.3, -0.25) is 4.79 Å². The molecule has 0 N–H and O–H groups in total. The molecule has 0 saturated carbocycles. The summed E-state index contributed by atoms with van der Waals surface area (Å²) in [6.07, 6.45) is 0.643. The van der Waals surface area contributed by atoms with Gasteiger partial charge in [0.15, 0.2) is 0 Å². The zero-order valence-electron chi connectivity index (χ0n) is 11.3. The molecule has 0 saturated heterocycles. The van der Waals surface area contributed by atoms with Crippen molar-refractivity contribution in [2.45, 2.75) is 13.8 Å². The van der Waals surface area contributed by atoms with Crippen LogP contribution in [-0.4, -0.2) is 13.3 Å². The predicted octanol–water partition coefficient (Wildman–Crippen LogP) is 4.02. The van der Waals surface area contributed by atoms with Crippen LogP contribution in [0.2, 0.25) is 0 Å². The topological polar surface area (TPSA) is 20.3 Å². The number of nitrogens with zero attached hydrogens (tertiary/aromatic N) is 1. The van der Waals surface area contributed by atoms with Gasteiger partial charge in [0.2, 0.25) is 0 Å². The summed E-state index contributed by atoms with van der Waals surface area (Å²) < 4.78 is 14.0. The number of aldehydes is 1. The number of halogens is 1. The van der Waals surface area contributed by atoms with Crippen LogP contribution < -0.4 is 4.90 Å². The number of anilines is 2. The van der Waals surface area contributed by atoms with Crippen LogP contribution in [0.3, 0.4) is 0 Å². The maximum atomic E-state index is 14.0. The minimum absolute atomic E-state index is 0.343. The number of hydrogen-bond acceptors (Lipinski definition) is 2. The number of aryl methyl sites for hydroxylation is 2. The summed E-state index contributed by atoms with van der Waals surface area (Å²) in [6.45, 7) is 4.02. The fourth-order valence-electron chi connectivity index (χ4n) is 2.18. The minimum Gasteiger partial charge on any atom is -0.342 e. The maximum absolute atomic E-state index is 14.0. The van der Waals surface area contributed by atoms with Gasteiger partial charge in [0.25, 0.3) is 0 Å². The molecule has 0 radical (unpaired) electrons. The van der Waals surface area contributed by atoms with Crippen LogP contribution in [-0.2, 0) is 0 Å². The van der Waals surface area contributed by atoms with E-state index in [0.29, 0.717) is 17.5 Å². The molecular weight excluding hydrogens is 241 g/mol. The van der Waals surface area contributed by atoms with E-state index in [1.165, 1.54) is 11.6 Å². The fraction of sp³-hybridized carbons (Fsp3) is 0.188. The van der Waals surface area contributed by atoms with Crippen LogP contribution >= 0.6 is 0 Å². The summed E-state index contributed by atoms with van der Waals surface area (Å²) in [5.74, 6) is -0.396. The highest BCUT2D eigenvalue weighted by atomic mass is 19.1. The van der Waals surface area contributed by atoms with Crippen molar-refractivity contribution in [3.05, 3.63) is 58.9 Å². The SMILES string of the molecule is Cc1ccc(N(C)c2ccc(C=O)cc2F)c(C)c1. The molecule has 0 fully saturated rings. The van der Waals surface area contributed by atoms with Gasteiger partial charge < -0.3 is 4.90 Å². The Morgan fingerprint density at radius 1 is 1.05 bits per heavy atom. The third-order valence-electron chi connectivity index (χ3n) is 3.18. The van der Waals surface area contributed by atoms with Crippen molar-refractivity contribution in [2.24, 2.45) is 0 Å². The number of hydrogen-bond donors (Lipinski definition) is 0. The molecule has 2 rings (SSSR count). The first-order valence-corrected chi connectivity index (χ1v) is 6.08. The van der Waals surface area contributed by atoms with Gasteiger partial charge >= 0.3 is 0 Å². The summed E-state index contributed by atoms with van der Waals surface area (Å²) in [6, 6.07) is 10.5. The van der Waals surface area contributed by atoms with E-state index in [4.69, 9.17) is 0 Å². The van der Waals surface area contributed by atoms with E-state index in [1.54, 1.807) is 17.0 Å². The molecule has 19 heavy (non-hydrogen) atoms. The molecule has 2 aromatic carbocycles. The summed E-state index contributed by atoms with van der Waals surface area (Å²) in [5, 5.41) is 0. The van der Waals surface area contributed by atoms with Crippen LogP contribution in [0.1, 0.15) is 21.5 Å². The lowest BCUT2D eigenvalue weighted by atomic mass is 10.1. The van der Waals surface area contributed by atoms with E-state index in [-0.39, 0.29) is 0 Å². The van der Waals surface area contributed by atoms with Gasteiger partial charge in [-0.25, -0.2) is 4.39 Å². The molecule has 0 aromatic heterocycles. The van der Waals surface area contributed by atoms with Gasteiger partial charge in [-0.2, -0.15) is 0 Å².